The third-order valence-corrected chi connectivity index (χ3v) is 2.72. The third kappa shape index (κ3) is 3.38. The van der Waals surface area contributed by atoms with Crippen molar-refractivity contribution in [2.45, 2.75) is 12.7 Å². The van der Waals surface area contributed by atoms with E-state index >= 15 is 0 Å². The van der Waals surface area contributed by atoms with Crippen molar-refractivity contribution in [3.05, 3.63) is 71.3 Å². The highest BCUT2D eigenvalue weighted by Gasteiger charge is 2.34. The van der Waals surface area contributed by atoms with Gasteiger partial charge in [0.1, 0.15) is 0 Å². The van der Waals surface area contributed by atoms with Crippen molar-refractivity contribution < 1.29 is 18.0 Å². The Hall–Kier alpha value is -2.30. The highest BCUT2D eigenvalue weighted by molar-refractivity contribution is 5.95. The van der Waals surface area contributed by atoms with Crippen molar-refractivity contribution in [1.82, 2.24) is 5.32 Å². The van der Waals surface area contributed by atoms with Crippen LogP contribution in [0.25, 0.3) is 0 Å². The third-order valence-electron chi connectivity index (χ3n) is 2.72. The molecule has 20 heavy (non-hydrogen) atoms. The van der Waals surface area contributed by atoms with Crippen molar-refractivity contribution in [2.24, 2.45) is 0 Å². The number of benzene rings is 2. The van der Waals surface area contributed by atoms with Crippen LogP contribution in [0.5, 0.6) is 0 Å². The smallest absolute Gasteiger partial charge is 0.348 e. The number of carbonyl (C=O) groups is 1. The number of halogens is 3. The molecule has 0 spiro atoms. The fourth-order valence-corrected chi connectivity index (χ4v) is 1.75. The van der Waals surface area contributed by atoms with Gasteiger partial charge >= 0.3 is 6.18 Å². The quantitative estimate of drug-likeness (QED) is 0.915. The van der Waals surface area contributed by atoms with E-state index in [1.54, 1.807) is 24.3 Å². The van der Waals surface area contributed by atoms with Crippen molar-refractivity contribution in [3.63, 3.8) is 0 Å². The number of hydrogen-bond acceptors (Lipinski definition) is 1. The highest BCUT2D eigenvalue weighted by atomic mass is 19.4. The molecule has 0 aliphatic carbocycles. The van der Waals surface area contributed by atoms with Crippen LogP contribution in [-0.2, 0) is 12.7 Å². The molecule has 2 aromatic rings. The summed E-state index contributed by atoms with van der Waals surface area (Å²) in [5, 5.41) is 2.47. The van der Waals surface area contributed by atoms with Gasteiger partial charge in [0.05, 0.1) is 11.1 Å². The van der Waals surface area contributed by atoms with E-state index in [-0.39, 0.29) is 12.1 Å². The molecule has 2 rings (SSSR count). The minimum Gasteiger partial charge on any atom is -0.348 e. The first kappa shape index (κ1) is 14.1. The molecule has 0 aromatic heterocycles. The maximum absolute atomic E-state index is 12.8. The first-order valence-corrected chi connectivity index (χ1v) is 5.88. The molecule has 2 aromatic carbocycles. The molecule has 0 unspecified atom stereocenters. The lowest BCUT2D eigenvalue weighted by Gasteiger charge is -2.12. The van der Waals surface area contributed by atoms with Crippen LogP contribution in [-0.4, -0.2) is 5.91 Å². The van der Waals surface area contributed by atoms with E-state index in [1.807, 2.05) is 0 Å². The van der Waals surface area contributed by atoms with Crippen LogP contribution >= 0.6 is 0 Å². The van der Waals surface area contributed by atoms with Crippen LogP contribution in [0.1, 0.15) is 21.5 Å². The van der Waals surface area contributed by atoms with Gasteiger partial charge in [-0.25, -0.2) is 0 Å². The largest absolute Gasteiger partial charge is 0.417 e. The summed E-state index contributed by atoms with van der Waals surface area (Å²) in [6.45, 7) is 0.166. The van der Waals surface area contributed by atoms with Crippen molar-refractivity contribution >= 4 is 5.91 Å². The van der Waals surface area contributed by atoms with Gasteiger partial charge in [0.2, 0.25) is 0 Å². The number of alkyl halides is 3. The summed E-state index contributed by atoms with van der Waals surface area (Å²) in [6, 6.07) is 14.3. The Morgan fingerprint density at radius 3 is 2.40 bits per heavy atom. The molecule has 1 radical (unpaired) electrons. The lowest BCUT2D eigenvalue weighted by atomic mass is 10.1. The van der Waals surface area contributed by atoms with Crippen molar-refractivity contribution in [1.29, 1.82) is 0 Å². The van der Waals surface area contributed by atoms with Crippen LogP contribution in [0.15, 0.2) is 48.5 Å². The summed E-state index contributed by atoms with van der Waals surface area (Å²) in [5.41, 5.74) is -0.511. The van der Waals surface area contributed by atoms with Gasteiger partial charge in [0, 0.05) is 6.54 Å². The maximum atomic E-state index is 12.8. The number of rotatable bonds is 3. The second-order valence-corrected chi connectivity index (χ2v) is 4.13. The molecule has 0 saturated carbocycles. The lowest BCUT2D eigenvalue weighted by Crippen LogP contribution is -2.25. The normalized spacial score (nSPS) is 11.2. The van der Waals surface area contributed by atoms with Crippen LogP contribution in [0.3, 0.4) is 0 Å². The molecule has 0 aliphatic heterocycles. The second kappa shape index (κ2) is 5.77. The SMILES string of the molecule is O=C(NCc1cc[c]cc1)c1ccccc1C(F)(F)F. The Kier molecular flexibility index (Phi) is 4.08. The molecule has 0 saturated heterocycles. The molecule has 1 N–H and O–H groups in total. The molecule has 103 valence electrons. The molecule has 0 atom stereocenters. The van der Waals surface area contributed by atoms with Gasteiger partial charge < -0.3 is 5.32 Å². The zero-order valence-electron chi connectivity index (χ0n) is 10.4. The van der Waals surface area contributed by atoms with Gasteiger partial charge in [-0.15, -0.1) is 0 Å². The summed E-state index contributed by atoms with van der Waals surface area (Å²) in [5.74, 6) is -0.745. The van der Waals surface area contributed by atoms with Crippen molar-refractivity contribution in [2.75, 3.05) is 0 Å². The molecule has 0 bridgehead atoms. The molecule has 1 amide bonds. The highest BCUT2D eigenvalue weighted by Crippen LogP contribution is 2.31. The Morgan fingerprint density at radius 2 is 1.75 bits per heavy atom. The Morgan fingerprint density at radius 1 is 1.10 bits per heavy atom. The van der Waals surface area contributed by atoms with E-state index in [0.717, 1.165) is 17.7 Å². The topological polar surface area (TPSA) is 29.1 Å². The van der Waals surface area contributed by atoms with Gasteiger partial charge in [-0.3, -0.25) is 4.79 Å². The van der Waals surface area contributed by atoms with Gasteiger partial charge in [-0.2, -0.15) is 13.2 Å². The number of hydrogen-bond donors (Lipinski definition) is 1. The molecule has 0 heterocycles. The minimum absolute atomic E-state index is 0.166. The summed E-state index contributed by atoms with van der Waals surface area (Å²) in [6.07, 6.45) is -4.55. The number of nitrogens with one attached hydrogen (secondary N) is 1. The average Bonchev–Trinajstić information content (AvgIpc) is 2.45. The van der Waals surface area contributed by atoms with E-state index in [1.165, 1.54) is 12.1 Å². The van der Waals surface area contributed by atoms with Gasteiger partial charge in [0.25, 0.3) is 5.91 Å². The van der Waals surface area contributed by atoms with E-state index < -0.39 is 17.6 Å². The molecule has 5 heteroatoms. The van der Waals surface area contributed by atoms with Crippen LogP contribution in [0.4, 0.5) is 13.2 Å². The molecular formula is C15H11F3NO. The predicted octanol–water partition coefficient (Wildman–Crippen LogP) is 3.44. The van der Waals surface area contributed by atoms with Gasteiger partial charge in [-0.1, -0.05) is 36.4 Å². The molecular weight excluding hydrogens is 267 g/mol. The average molecular weight is 278 g/mol. The lowest BCUT2D eigenvalue weighted by molar-refractivity contribution is -0.137. The molecule has 2 nitrogen and oxygen atoms in total. The van der Waals surface area contributed by atoms with Crippen LogP contribution in [0.2, 0.25) is 0 Å². The summed E-state index contributed by atoms with van der Waals surface area (Å²) >= 11 is 0. The fraction of sp³-hybridized carbons (Fsp3) is 0.133. The predicted molar refractivity (Wildman–Crippen MR) is 67.9 cm³/mol. The van der Waals surface area contributed by atoms with E-state index in [2.05, 4.69) is 11.4 Å². The first-order valence-electron chi connectivity index (χ1n) is 5.88. The van der Waals surface area contributed by atoms with Crippen molar-refractivity contribution in [3.8, 4) is 0 Å². The van der Waals surface area contributed by atoms with Crippen LogP contribution < -0.4 is 5.32 Å². The summed E-state index contributed by atoms with van der Waals surface area (Å²) in [4.78, 5) is 11.9. The minimum atomic E-state index is -4.55. The monoisotopic (exact) mass is 278 g/mol. The first-order chi connectivity index (χ1) is 9.48. The van der Waals surface area contributed by atoms with Gasteiger partial charge in [0.15, 0.2) is 0 Å². The Balaban J connectivity index is 2.14. The molecule has 0 fully saturated rings. The van der Waals surface area contributed by atoms with E-state index in [4.69, 9.17) is 0 Å². The summed E-state index contributed by atoms with van der Waals surface area (Å²) in [7, 11) is 0. The standard InChI is InChI=1S/C15H11F3NO/c16-15(17,18)13-9-5-4-8-12(13)14(20)19-10-11-6-2-1-3-7-11/h2-9H,10H2,(H,19,20). The number of carbonyl (C=O) groups excluding carboxylic acids is 1. The zero-order chi connectivity index (χ0) is 14.6. The fourth-order valence-electron chi connectivity index (χ4n) is 1.75. The second-order valence-electron chi connectivity index (χ2n) is 4.13. The van der Waals surface area contributed by atoms with E-state index in [0.29, 0.717) is 0 Å². The summed E-state index contributed by atoms with van der Waals surface area (Å²) < 4.78 is 38.4. The Labute approximate surface area is 114 Å². The maximum Gasteiger partial charge on any atom is 0.417 e. The van der Waals surface area contributed by atoms with E-state index in [9.17, 15) is 18.0 Å². The molecule has 0 aliphatic rings. The number of amides is 1. The van der Waals surface area contributed by atoms with Gasteiger partial charge in [-0.05, 0) is 23.8 Å². The zero-order valence-corrected chi connectivity index (χ0v) is 10.4. The van der Waals surface area contributed by atoms with Crippen LogP contribution in [0, 0.1) is 6.07 Å². The Bertz CT molecular complexity index is 594.